The molecule has 32 heavy (non-hydrogen) atoms. The molecule has 7 nitrogen and oxygen atoms in total. The molecule has 4 atom stereocenters. The van der Waals surface area contributed by atoms with Crippen molar-refractivity contribution in [3.63, 3.8) is 0 Å². The first-order valence-electron chi connectivity index (χ1n) is 11.1. The van der Waals surface area contributed by atoms with Gasteiger partial charge in [0, 0.05) is 44.1 Å². The molecular weight excluding hydrogens is 416 g/mol. The number of anilines is 1. The Hall–Kier alpha value is -2.81. The van der Waals surface area contributed by atoms with Crippen molar-refractivity contribution in [3.8, 4) is 17.0 Å². The van der Waals surface area contributed by atoms with E-state index in [0.717, 1.165) is 12.0 Å². The van der Waals surface area contributed by atoms with Crippen molar-refractivity contribution in [1.82, 2.24) is 20.8 Å². The fourth-order valence-corrected chi connectivity index (χ4v) is 5.27. The molecule has 0 spiro atoms. The Morgan fingerprint density at radius 1 is 1.19 bits per heavy atom. The lowest BCUT2D eigenvalue weighted by Crippen LogP contribution is -2.49. The molecule has 9 heteroatoms. The molecule has 0 radical (unpaired) electrons. The van der Waals surface area contributed by atoms with E-state index in [1.54, 1.807) is 18.2 Å². The minimum absolute atomic E-state index is 0.0276. The Balaban J connectivity index is 1.30. The molecule has 3 aliphatic heterocycles. The van der Waals surface area contributed by atoms with Crippen molar-refractivity contribution >= 4 is 11.7 Å². The van der Waals surface area contributed by atoms with Gasteiger partial charge in [0.15, 0.2) is 5.82 Å². The van der Waals surface area contributed by atoms with E-state index in [9.17, 15) is 18.7 Å². The molecule has 170 valence electrons. The summed E-state index contributed by atoms with van der Waals surface area (Å²) in [7, 11) is 1.86. The first-order chi connectivity index (χ1) is 15.3. The van der Waals surface area contributed by atoms with E-state index in [-0.39, 0.29) is 36.1 Å². The number of nitrogens with one attached hydrogen (secondary N) is 2. The summed E-state index contributed by atoms with van der Waals surface area (Å²) in [5.41, 5.74) is 2.03. The zero-order valence-electron chi connectivity index (χ0n) is 17.9. The topological polar surface area (TPSA) is 90.4 Å². The SMILES string of the molecule is CN(c1ccc(-c2ccc(C3CCNC(=O)C3)cc2O)nn1)[C@@H]1C[C@H]2CC(F)(F)[C@@H](C1)N2. The van der Waals surface area contributed by atoms with Crippen LogP contribution in [0.2, 0.25) is 0 Å². The Morgan fingerprint density at radius 3 is 2.72 bits per heavy atom. The molecule has 1 aromatic carbocycles. The second-order valence-corrected chi connectivity index (χ2v) is 9.21. The first kappa shape index (κ1) is 21.1. The molecule has 3 saturated heterocycles. The lowest BCUT2D eigenvalue weighted by molar-refractivity contribution is -0.122. The van der Waals surface area contributed by atoms with Gasteiger partial charge in [-0.2, -0.15) is 0 Å². The van der Waals surface area contributed by atoms with E-state index < -0.39 is 12.0 Å². The Labute approximate surface area is 185 Å². The highest BCUT2D eigenvalue weighted by molar-refractivity contribution is 5.78. The van der Waals surface area contributed by atoms with Crippen molar-refractivity contribution in [2.45, 2.75) is 62.1 Å². The predicted molar refractivity (Wildman–Crippen MR) is 116 cm³/mol. The number of phenolic OH excluding ortho intramolecular Hbond substituents is 1. The number of phenols is 1. The average Bonchev–Trinajstić information content (AvgIpc) is 2.99. The summed E-state index contributed by atoms with van der Waals surface area (Å²) >= 11 is 0. The Kier molecular flexibility index (Phi) is 5.23. The molecule has 4 heterocycles. The monoisotopic (exact) mass is 443 g/mol. The van der Waals surface area contributed by atoms with E-state index in [2.05, 4.69) is 20.8 Å². The summed E-state index contributed by atoms with van der Waals surface area (Å²) in [6.07, 6.45) is 2.17. The van der Waals surface area contributed by atoms with Crippen molar-refractivity contribution in [3.05, 3.63) is 35.9 Å². The highest BCUT2D eigenvalue weighted by atomic mass is 19.3. The third-order valence-corrected chi connectivity index (χ3v) is 7.11. The maximum absolute atomic E-state index is 14.0. The van der Waals surface area contributed by atoms with Crippen LogP contribution in [0.1, 0.15) is 43.6 Å². The second kappa shape index (κ2) is 7.95. The van der Waals surface area contributed by atoms with Gasteiger partial charge >= 0.3 is 0 Å². The number of benzene rings is 1. The minimum Gasteiger partial charge on any atom is -0.507 e. The number of halogens is 2. The van der Waals surface area contributed by atoms with Crippen LogP contribution >= 0.6 is 0 Å². The molecule has 1 amide bonds. The maximum atomic E-state index is 14.0. The van der Waals surface area contributed by atoms with Crippen LogP contribution in [-0.2, 0) is 4.79 Å². The van der Waals surface area contributed by atoms with Gasteiger partial charge in [-0.3, -0.25) is 4.79 Å². The summed E-state index contributed by atoms with van der Waals surface area (Å²) in [6, 6.07) is 8.03. The third-order valence-electron chi connectivity index (χ3n) is 7.11. The highest BCUT2D eigenvalue weighted by Gasteiger charge is 2.53. The molecule has 1 unspecified atom stereocenters. The Bertz CT molecular complexity index is 1020. The fraction of sp³-hybridized carbons (Fsp3) is 0.522. The van der Waals surface area contributed by atoms with Crippen LogP contribution in [0.5, 0.6) is 5.75 Å². The lowest BCUT2D eigenvalue weighted by Gasteiger charge is -2.36. The second-order valence-electron chi connectivity index (χ2n) is 9.21. The Morgan fingerprint density at radius 2 is 2.03 bits per heavy atom. The van der Waals surface area contributed by atoms with Gasteiger partial charge in [0.25, 0.3) is 5.92 Å². The van der Waals surface area contributed by atoms with Crippen LogP contribution < -0.4 is 15.5 Å². The zero-order valence-corrected chi connectivity index (χ0v) is 17.9. The number of aromatic nitrogens is 2. The number of piperidine rings is 2. The van der Waals surface area contributed by atoms with Crippen molar-refractivity contribution < 1.29 is 18.7 Å². The van der Waals surface area contributed by atoms with E-state index in [1.807, 2.05) is 24.1 Å². The largest absolute Gasteiger partial charge is 0.507 e. The van der Waals surface area contributed by atoms with E-state index in [1.165, 1.54) is 0 Å². The van der Waals surface area contributed by atoms with Gasteiger partial charge in [-0.25, -0.2) is 8.78 Å². The third kappa shape index (κ3) is 3.90. The number of carbonyl (C=O) groups is 1. The van der Waals surface area contributed by atoms with Gasteiger partial charge in [-0.15, -0.1) is 10.2 Å². The first-order valence-corrected chi connectivity index (χ1v) is 11.1. The molecule has 5 rings (SSSR count). The minimum atomic E-state index is -2.65. The number of amides is 1. The molecule has 1 aromatic heterocycles. The summed E-state index contributed by atoms with van der Waals surface area (Å²) in [4.78, 5) is 13.6. The normalized spacial score (nSPS) is 28.9. The van der Waals surface area contributed by atoms with Gasteiger partial charge in [0.05, 0.1) is 11.7 Å². The molecule has 3 fully saturated rings. The number of hydrogen-bond donors (Lipinski definition) is 3. The zero-order chi connectivity index (χ0) is 22.5. The maximum Gasteiger partial charge on any atom is 0.264 e. The van der Waals surface area contributed by atoms with E-state index in [0.29, 0.717) is 42.9 Å². The van der Waals surface area contributed by atoms with Crippen LogP contribution in [0.3, 0.4) is 0 Å². The van der Waals surface area contributed by atoms with Crippen LogP contribution in [-0.4, -0.2) is 58.9 Å². The molecule has 0 aliphatic carbocycles. The smallest absolute Gasteiger partial charge is 0.264 e. The number of aromatic hydroxyl groups is 1. The van der Waals surface area contributed by atoms with Gasteiger partial charge in [0.2, 0.25) is 5.91 Å². The van der Waals surface area contributed by atoms with Gasteiger partial charge < -0.3 is 20.6 Å². The van der Waals surface area contributed by atoms with Crippen molar-refractivity contribution in [1.29, 1.82) is 0 Å². The quantitative estimate of drug-likeness (QED) is 0.673. The molecule has 0 saturated carbocycles. The summed E-state index contributed by atoms with van der Waals surface area (Å²) in [5, 5.41) is 25.0. The number of nitrogens with zero attached hydrogens (tertiary/aromatic N) is 3. The standard InChI is InChI=1S/C23H27F2N5O2/c1-30(16-10-15-12-23(24,25)20(11-16)27-15)21-5-4-18(28-29-21)17-3-2-13(8-19(17)31)14-6-7-26-22(32)9-14/h2-5,8,14-16,20,27,31H,6-7,9-12H2,1H3,(H,26,32)/t14?,15-,16+,20+/m0/s1. The number of rotatable bonds is 4. The van der Waals surface area contributed by atoms with Crippen LogP contribution in [0.4, 0.5) is 14.6 Å². The molecule has 3 N–H and O–H groups in total. The molecular formula is C23H27F2N5O2. The van der Waals surface area contributed by atoms with Gasteiger partial charge in [-0.1, -0.05) is 6.07 Å². The fourth-order valence-electron chi connectivity index (χ4n) is 5.27. The average molecular weight is 443 g/mol. The van der Waals surface area contributed by atoms with Crippen molar-refractivity contribution in [2.75, 3.05) is 18.5 Å². The molecule has 2 aromatic rings. The van der Waals surface area contributed by atoms with Gasteiger partial charge in [-0.05, 0) is 55.0 Å². The summed E-state index contributed by atoms with van der Waals surface area (Å²) in [6.45, 7) is 0.642. The summed E-state index contributed by atoms with van der Waals surface area (Å²) in [5.74, 6) is -1.81. The van der Waals surface area contributed by atoms with E-state index >= 15 is 0 Å². The number of hydrogen-bond acceptors (Lipinski definition) is 6. The van der Waals surface area contributed by atoms with Crippen molar-refractivity contribution in [2.24, 2.45) is 0 Å². The predicted octanol–water partition coefficient (Wildman–Crippen LogP) is 2.81. The number of alkyl halides is 2. The lowest BCUT2D eigenvalue weighted by atomic mass is 9.89. The van der Waals surface area contributed by atoms with Crippen LogP contribution in [0.15, 0.2) is 30.3 Å². The molecule has 3 aliphatic rings. The number of fused-ring (bicyclic) bond motifs is 2. The van der Waals surface area contributed by atoms with Crippen LogP contribution in [0.25, 0.3) is 11.3 Å². The number of carbonyl (C=O) groups excluding carboxylic acids is 1. The van der Waals surface area contributed by atoms with Crippen LogP contribution in [0, 0.1) is 0 Å². The highest BCUT2D eigenvalue weighted by Crippen LogP contribution is 2.41. The van der Waals surface area contributed by atoms with Gasteiger partial charge in [0.1, 0.15) is 5.75 Å². The summed E-state index contributed by atoms with van der Waals surface area (Å²) < 4.78 is 28.1. The molecule has 2 bridgehead atoms. The van der Waals surface area contributed by atoms with E-state index in [4.69, 9.17) is 0 Å².